The molecule has 7 heteroatoms. The lowest BCUT2D eigenvalue weighted by atomic mass is 10.3. The van der Waals surface area contributed by atoms with Crippen LogP contribution < -0.4 is 10.0 Å². The normalized spacial score (nSPS) is 18.1. The summed E-state index contributed by atoms with van der Waals surface area (Å²) in [4.78, 5) is 2.35. The highest BCUT2D eigenvalue weighted by Gasteiger charge is 2.11. The van der Waals surface area contributed by atoms with Crippen molar-refractivity contribution in [1.82, 2.24) is 14.9 Å². The van der Waals surface area contributed by atoms with Crippen LogP contribution in [0.2, 0.25) is 0 Å². The Bertz CT molecular complexity index is 303. The van der Waals surface area contributed by atoms with Crippen molar-refractivity contribution < 1.29 is 13.2 Å². The number of rotatable bonds is 9. The van der Waals surface area contributed by atoms with Gasteiger partial charge in [-0.05, 0) is 19.9 Å². The molecule has 0 bridgehead atoms. The monoisotopic (exact) mass is 279 g/mol. The highest BCUT2D eigenvalue weighted by molar-refractivity contribution is 7.89. The Balaban J connectivity index is 2.05. The molecule has 2 N–H and O–H groups in total. The Morgan fingerprint density at radius 3 is 2.72 bits per heavy atom. The van der Waals surface area contributed by atoms with E-state index in [0.29, 0.717) is 13.2 Å². The molecule has 0 unspecified atom stereocenters. The molecule has 0 amide bonds. The smallest absolute Gasteiger partial charge is 0.213 e. The van der Waals surface area contributed by atoms with Gasteiger partial charge in [0.05, 0.1) is 12.4 Å². The third-order valence-electron chi connectivity index (χ3n) is 2.88. The Labute approximate surface area is 110 Å². The fourth-order valence-electron chi connectivity index (χ4n) is 1.85. The van der Waals surface area contributed by atoms with Crippen molar-refractivity contribution in [3.63, 3.8) is 0 Å². The molecule has 1 saturated heterocycles. The van der Waals surface area contributed by atoms with E-state index in [-0.39, 0.29) is 12.4 Å². The molecule has 0 aromatic carbocycles. The van der Waals surface area contributed by atoms with Crippen LogP contribution in [0.4, 0.5) is 0 Å². The molecular formula is C11H25N3O3S. The van der Waals surface area contributed by atoms with Crippen LogP contribution in [0.15, 0.2) is 0 Å². The molecule has 1 heterocycles. The van der Waals surface area contributed by atoms with Crippen molar-refractivity contribution >= 4 is 10.0 Å². The van der Waals surface area contributed by atoms with Gasteiger partial charge in [0, 0.05) is 39.3 Å². The second-order valence-electron chi connectivity index (χ2n) is 4.36. The zero-order valence-electron chi connectivity index (χ0n) is 11.2. The Morgan fingerprint density at radius 1 is 1.33 bits per heavy atom. The van der Waals surface area contributed by atoms with Crippen LogP contribution in [0.3, 0.4) is 0 Å². The third kappa shape index (κ3) is 7.27. The molecule has 108 valence electrons. The predicted molar refractivity (Wildman–Crippen MR) is 72.2 cm³/mol. The number of piperazine rings is 1. The maximum atomic E-state index is 11.5. The molecule has 0 saturated carbocycles. The lowest BCUT2D eigenvalue weighted by Gasteiger charge is -2.27. The Kier molecular flexibility index (Phi) is 7.76. The van der Waals surface area contributed by atoms with Gasteiger partial charge in [-0.3, -0.25) is 0 Å². The van der Waals surface area contributed by atoms with Crippen molar-refractivity contribution in [3.05, 3.63) is 0 Å². The summed E-state index contributed by atoms with van der Waals surface area (Å²) in [5.74, 6) is 0.0501. The molecule has 18 heavy (non-hydrogen) atoms. The van der Waals surface area contributed by atoms with Gasteiger partial charge in [-0.25, -0.2) is 13.1 Å². The highest BCUT2D eigenvalue weighted by Crippen LogP contribution is 1.94. The first-order valence-corrected chi connectivity index (χ1v) is 8.27. The van der Waals surface area contributed by atoms with Crippen molar-refractivity contribution in [2.75, 3.05) is 58.2 Å². The van der Waals surface area contributed by atoms with E-state index in [4.69, 9.17) is 4.74 Å². The number of ether oxygens (including phenoxy) is 1. The molecule has 1 aliphatic rings. The first-order chi connectivity index (χ1) is 8.64. The average molecular weight is 279 g/mol. The lowest BCUT2D eigenvalue weighted by molar-refractivity contribution is 0.163. The zero-order chi connectivity index (χ0) is 13.3. The number of hydrogen-bond donors (Lipinski definition) is 2. The summed E-state index contributed by atoms with van der Waals surface area (Å²) >= 11 is 0. The molecular weight excluding hydrogens is 254 g/mol. The van der Waals surface area contributed by atoms with Gasteiger partial charge in [-0.1, -0.05) is 0 Å². The van der Waals surface area contributed by atoms with E-state index in [1.54, 1.807) is 0 Å². The maximum absolute atomic E-state index is 11.5. The highest BCUT2D eigenvalue weighted by atomic mass is 32.2. The van der Waals surface area contributed by atoms with Gasteiger partial charge in [-0.15, -0.1) is 0 Å². The van der Waals surface area contributed by atoms with Gasteiger partial charge in [0.15, 0.2) is 0 Å². The van der Waals surface area contributed by atoms with Gasteiger partial charge < -0.3 is 15.0 Å². The quantitative estimate of drug-likeness (QED) is 0.543. The summed E-state index contributed by atoms with van der Waals surface area (Å²) < 4.78 is 30.7. The second-order valence-corrected chi connectivity index (χ2v) is 6.28. The Hall–Kier alpha value is -0.210. The topological polar surface area (TPSA) is 70.7 Å². The predicted octanol–water partition coefficient (Wildman–Crippen LogP) is -0.762. The van der Waals surface area contributed by atoms with Crippen LogP contribution >= 0.6 is 0 Å². The first kappa shape index (κ1) is 15.8. The molecule has 0 aromatic heterocycles. The van der Waals surface area contributed by atoms with E-state index in [2.05, 4.69) is 14.9 Å². The minimum absolute atomic E-state index is 0.0501. The average Bonchev–Trinajstić information content (AvgIpc) is 2.36. The van der Waals surface area contributed by atoms with E-state index < -0.39 is 10.0 Å². The van der Waals surface area contributed by atoms with Crippen molar-refractivity contribution in [1.29, 1.82) is 0 Å². The van der Waals surface area contributed by atoms with Gasteiger partial charge >= 0.3 is 0 Å². The summed E-state index contributed by atoms with van der Waals surface area (Å²) in [7, 11) is -3.16. The van der Waals surface area contributed by atoms with E-state index in [1.807, 2.05) is 6.92 Å². The summed E-state index contributed by atoms with van der Waals surface area (Å²) in [5, 5.41) is 3.29. The zero-order valence-corrected chi connectivity index (χ0v) is 12.0. The Morgan fingerprint density at radius 2 is 2.06 bits per heavy atom. The molecule has 1 fully saturated rings. The first-order valence-electron chi connectivity index (χ1n) is 6.62. The fourth-order valence-corrected chi connectivity index (χ4v) is 2.79. The molecule has 0 spiro atoms. The van der Waals surface area contributed by atoms with E-state index in [9.17, 15) is 8.42 Å². The van der Waals surface area contributed by atoms with Crippen LogP contribution in [0, 0.1) is 0 Å². The number of nitrogens with one attached hydrogen (secondary N) is 2. The molecule has 6 nitrogen and oxygen atoms in total. The summed E-state index contributed by atoms with van der Waals surface area (Å²) in [6, 6.07) is 0. The van der Waals surface area contributed by atoms with E-state index in [0.717, 1.165) is 39.1 Å². The van der Waals surface area contributed by atoms with Crippen LogP contribution in [0.5, 0.6) is 0 Å². The minimum atomic E-state index is -3.16. The van der Waals surface area contributed by atoms with Crippen molar-refractivity contribution in [2.45, 2.75) is 13.3 Å². The maximum Gasteiger partial charge on any atom is 0.213 e. The van der Waals surface area contributed by atoms with E-state index >= 15 is 0 Å². The van der Waals surface area contributed by atoms with Crippen LogP contribution in [-0.4, -0.2) is 71.6 Å². The standard InChI is InChI=1S/C11H25N3O3S/c1-2-17-10-11-18(15,16)13-4-3-7-14-8-5-12-6-9-14/h12-13H,2-11H2,1H3. The van der Waals surface area contributed by atoms with Crippen LogP contribution in [0.1, 0.15) is 13.3 Å². The van der Waals surface area contributed by atoms with Gasteiger partial charge in [-0.2, -0.15) is 0 Å². The fraction of sp³-hybridized carbons (Fsp3) is 1.00. The van der Waals surface area contributed by atoms with Crippen LogP contribution in [-0.2, 0) is 14.8 Å². The summed E-state index contributed by atoms with van der Waals surface area (Å²) in [5.41, 5.74) is 0. The van der Waals surface area contributed by atoms with Gasteiger partial charge in [0.1, 0.15) is 0 Å². The van der Waals surface area contributed by atoms with Crippen molar-refractivity contribution in [3.8, 4) is 0 Å². The number of sulfonamides is 1. The lowest BCUT2D eigenvalue weighted by Crippen LogP contribution is -2.44. The summed E-state index contributed by atoms with van der Waals surface area (Å²) in [6.45, 7) is 8.30. The van der Waals surface area contributed by atoms with Gasteiger partial charge in [0.25, 0.3) is 0 Å². The SMILES string of the molecule is CCOCCS(=O)(=O)NCCCN1CCNCC1. The molecule has 0 aromatic rings. The third-order valence-corrected chi connectivity index (χ3v) is 4.23. The van der Waals surface area contributed by atoms with E-state index in [1.165, 1.54) is 0 Å². The largest absolute Gasteiger partial charge is 0.381 e. The number of hydrogen-bond acceptors (Lipinski definition) is 5. The second kappa shape index (κ2) is 8.82. The van der Waals surface area contributed by atoms with Crippen LogP contribution in [0.25, 0.3) is 0 Å². The van der Waals surface area contributed by atoms with Crippen molar-refractivity contribution in [2.24, 2.45) is 0 Å². The molecule has 0 aliphatic carbocycles. The molecule has 0 radical (unpaired) electrons. The molecule has 0 atom stereocenters. The molecule has 1 aliphatic heterocycles. The summed E-state index contributed by atoms with van der Waals surface area (Å²) in [6.07, 6.45) is 0.855. The molecule has 1 rings (SSSR count). The van der Waals surface area contributed by atoms with Gasteiger partial charge in [0.2, 0.25) is 10.0 Å². The number of nitrogens with zero attached hydrogens (tertiary/aromatic N) is 1. The minimum Gasteiger partial charge on any atom is -0.381 e.